The monoisotopic (exact) mass is 327 g/mol. The van der Waals surface area contributed by atoms with Gasteiger partial charge in [-0.1, -0.05) is 0 Å². The van der Waals surface area contributed by atoms with Gasteiger partial charge in [0.2, 0.25) is 11.6 Å². The number of furan rings is 1. The number of nitrogens with zero attached hydrogens (tertiary/aromatic N) is 3. The van der Waals surface area contributed by atoms with Crippen LogP contribution in [0.2, 0.25) is 0 Å². The number of fused-ring (bicyclic) bond motifs is 1. The van der Waals surface area contributed by atoms with E-state index in [2.05, 4.69) is 32.5 Å². The number of rotatable bonds is 5. The number of carbonyl (C=O) groups is 1. The average molecular weight is 327 g/mol. The van der Waals surface area contributed by atoms with Gasteiger partial charge in [-0.15, -0.1) is 0 Å². The van der Waals surface area contributed by atoms with Crippen LogP contribution in [0.15, 0.2) is 27.6 Å². The SMILES string of the molecule is Cc1nc(NC2(C)CC2)c2c(C(=O)NCc3ncco3)coc2n1. The Labute approximate surface area is 137 Å². The van der Waals surface area contributed by atoms with Crippen molar-refractivity contribution in [2.75, 3.05) is 5.32 Å². The maximum Gasteiger partial charge on any atom is 0.255 e. The molecule has 2 N–H and O–H groups in total. The van der Waals surface area contributed by atoms with Crippen molar-refractivity contribution >= 4 is 22.8 Å². The molecule has 0 saturated heterocycles. The first-order valence-corrected chi connectivity index (χ1v) is 7.75. The number of nitrogens with one attached hydrogen (secondary N) is 2. The molecule has 0 bridgehead atoms. The largest absolute Gasteiger partial charge is 0.447 e. The third kappa shape index (κ3) is 2.70. The quantitative estimate of drug-likeness (QED) is 0.741. The Bertz CT molecular complexity index is 896. The molecule has 1 saturated carbocycles. The Hall–Kier alpha value is -2.90. The van der Waals surface area contributed by atoms with E-state index >= 15 is 0 Å². The van der Waals surface area contributed by atoms with Gasteiger partial charge in [0.05, 0.1) is 23.7 Å². The second kappa shape index (κ2) is 5.33. The highest BCUT2D eigenvalue weighted by molar-refractivity contribution is 6.08. The first kappa shape index (κ1) is 14.7. The Morgan fingerprint density at radius 2 is 2.17 bits per heavy atom. The number of oxazole rings is 1. The maximum atomic E-state index is 12.5. The Balaban J connectivity index is 1.66. The third-order valence-electron chi connectivity index (χ3n) is 4.09. The summed E-state index contributed by atoms with van der Waals surface area (Å²) in [6.45, 7) is 4.12. The molecule has 124 valence electrons. The minimum Gasteiger partial charge on any atom is -0.447 e. The molecule has 0 unspecified atom stereocenters. The zero-order valence-corrected chi connectivity index (χ0v) is 13.4. The minimum atomic E-state index is -0.289. The molecule has 1 fully saturated rings. The van der Waals surface area contributed by atoms with Crippen molar-refractivity contribution in [3.05, 3.63) is 36.0 Å². The highest BCUT2D eigenvalue weighted by Crippen LogP contribution is 2.39. The second-order valence-electron chi connectivity index (χ2n) is 6.24. The highest BCUT2D eigenvalue weighted by atomic mass is 16.3. The smallest absolute Gasteiger partial charge is 0.255 e. The fourth-order valence-electron chi connectivity index (χ4n) is 2.50. The van der Waals surface area contributed by atoms with Crippen LogP contribution in [-0.4, -0.2) is 26.4 Å². The van der Waals surface area contributed by atoms with Crippen molar-refractivity contribution in [1.82, 2.24) is 20.3 Å². The molecule has 24 heavy (non-hydrogen) atoms. The van der Waals surface area contributed by atoms with Crippen molar-refractivity contribution in [2.45, 2.75) is 38.8 Å². The van der Waals surface area contributed by atoms with Crippen molar-refractivity contribution in [3.63, 3.8) is 0 Å². The van der Waals surface area contributed by atoms with Crippen LogP contribution in [0.3, 0.4) is 0 Å². The van der Waals surface area contributed by atoms with Gasteiger partial charge >= 0.3 is 0 Å². The van der Waals surface area contributed by atoms with Gasteiger partial charge in [0, 0.05) is 5.54 Å². The summed E-state index contributed by atoms with van der Waals surface area (Å²) < 4.78 is 10.6. The Morgan fingerprint density at radius 3 is 2.88 bits per heavy atom. The van der Waals surface area contributed by atoms with Crippen LogP contribution in [0.25, 0.3) is 11.1 Å². The third-order valence-corrected chi connectivity index (χ3v) is 4.09. The number of aromatic nitrogens is 3. The number of aryl methyl sites for hydroxylation is 1. The van der Waals surface area contributed by atoms with E-state index in [0.717, 1.165) is 12.8 Å². The van der Waals surface area contributed by atoms with Gasteiger partial charge in [0.1, 0.15) is 24.2 Å². The van der Waals surface area contributed by atoms with E-state index < -0.39 is 0 Å². The second-order valence-corrected chi connectivity index (χ2v) is 6.24. The zero-order chi connectivity index (χ0) is 16.7. The summed E-state index contributed by atoms with van der Waals surface area (Å²) in [7, 11) is 0. The van der Waals surface area contributed by atoms with E-state index in [-0.39, 0.29) is 18.0 Å². The van der Waals surface area contributed by atoms with Crippen molar-refractivity contribution in [1.29, 1.82) is 0 Å². The molecule has 3 aromatic rings. The van der Waals surface area contributed by atoms with Crippen molar-refractivity contribution in [3.8, 4) is 0 Å². The summed E-state index contributed by atoms with van der Waals surface area (Å²) >= 11 is 0. The van der Waals surface area contributed by atoms with Crippen LogP contribution >= 0.6 is 0 Å². The minimum absolute atomic E-state index is 0.0246. The number of hydrogen-bond acceptors (Lipinski definition) is 7. The van der Waals surface area contributed by atoms with Crippen LogP contribution < -0.4 is 10.6 Å². The molecule has 0 spiro atoms. The van der Waals surface area contributed by atoms with E-state index in [4.69, 9.17) is 8.83 Å². The Morgan fingerprint density at radius 1 is 1.33 bits per heavy atom. The first-order chi connectivity index (χ1) is 11.5. The van der Waals surface area contributed by atoms with E-state index in [0.29, 0.717) is 34.2 Å². The number of amides is 1. The van der Waals surface area contributed by atoms with Gasteiger partial charge in [0.25, 0.3) is 5.91 Å². The molecule has 0 atom stereocenters. The van der Waals surface area contributed by atoms with Crippen LogP contribution in [0.1, 0.15) is 41.8 Å². The molecule has 4 rings (SSSR count). The van der Waals surface area contributed by atoms with Gasteiger partial charge in [-0.2, -0.15) is 4.98 Å². The molecule has 1 aliphatic carbocycles. The van der Waals surface area contributed by atoms with E-state index in [1.165, 1.54) is 18.7 Å². The normalized spacial score (nSPS) is 15.4. The molecule has 0 radical (unpaired) electrons. The molecule has 0 aliphatic heterocycles. The molecule has 1 amide bonds. The zero-order valence-electron chi connectivity index (χ0n) is 13.4. The predicted molar refractivity (Wildman–Crippen MR) is 85.5 cm³/mol. The van der Waals surface area contributed by atoms with E-state index in [1.807, 2.05) is 0 Å². The molecule has 8 heteroatoms. The standard InChI is InChI=1S/C16H17N5O3/c1-9-19-13(21-16(2)3-4-16)12-10(8-24-15(12)20-9)14(22)18-7-11-17-5-6-23-11/h5-6,8H,3-4,7H2,1-2H3,(H,18,22)(H,19,20,21). The number of hydrogen-bond donors (Lipinski definition) is 2. The fourth-order valence-corrected chi connectivity index (χ4v) is 2.50. The molecule has 8 nitrogen and oxygen atoms in total. The average Bonchev–Trinajstić information content (AvgIpc) is 2.96. The lowest BCUT2D eigenvalue weighted by atomic mass is 10.2. The van der Waals surface area contributed by atoms with Gasteiger partial charge < -0.3 is 19.5 Å². The summed E-state index contributed by atoms with van der Waals surface area (Å²) in [5.74, 6) is 1.37. The molecular weight excluding hydrogens is 310 g/mol. The maximum absolute atomic E-state index is 12.5. The fraction of sp³-hybridized carbons (Fsp3) is 0.375. The molecule has 3 heterocycles. The van der Waals surface area contributed by atoms with Crippen molar-refractivity contribution in [2.24, 2.45) is 0 Å². The lowest BCUT2D eigenvalue weighted by Crippen LogP contribution is -2.23. The van der Waals surface area contributed by atoms with Gasteiger partial charge in [-0.3, -0.25) is 4.79 Å². The van der Waals surface area contributed by atoms with Crippen LogP contribution in [0.4, 0.5) is 5.82 Å². The van der Waals surface area contributed by atoms with Crippen LogP contribution in [0.5, 0.6) is 0 Å². The van der Waals surface area contributed by atoms with Crippen LogP contribution in [-0.2, 0) is 6.54 Å². The summed E-state index contributed by atoms with van der Waals surface area (Å²) in [6.07, 6.45) is 6.54. The van der Waals surface area contributed by atoms with E-state index in [1.54, 1.807) is 6.92 Å². The summed E-state index contributed by atoms with van der Waals surface area (Å²) in [4.78, 5) is 25.2. The number of carbonyl (C=O) groups excluding carboxylic acids is 1. The topological polar surface area (TPSA) is 106 Å². The predicted octanol–water partition coefficient (Wildman–Crippen LogP) is 2.41. The molecule has 0 aromatic carbocycles. The van der Waals surface area contributed by atoms with Gasteiger partial charge in [-0.05, 0) is 26.7 Å². The molecule has 3 aromatic heterocycles. The van der Waals surface area contributed by atoms with Gasteiger partial charge in [0.15, 0.2) is 0 Å². The molecular formula is C16H17N5O3. The first-order valence-electron chi connectivity index (χ1n) is 7.75. The summed E-state index contributed by atoms with van der Waals surface area (Å²) in [6, 6.07) is 0. The highest BCUT2D eigenvalue weighted by Gasteiger charge is 2.38. The van der Waals surface area contributed by atoms with Gasteiger partial charge in [-0.25, -0.2) is 9.97 Å². The van der Waals surface area contributed by atoms with Crippen LogP contribution in [0, 0.1) is 6.92 Å². The molecule has 1 aliphatic rings. The van der Waals surface area contributed by atoms with Crippen molar-refractivity contribution < 1.29 is 13.6 Å². The lowest BCUT2D eigenvalue weighted by Gasteiger charge is -2.13. The lowest BCUT2D eigenvalue weighted by molar-refractivity contribution is 0.0948. The Kier molecular flexibility index (Phi) is 3.26. The number of anilines is 1. The summed E-state index contributed by atoms with van der Waals surface area (Å²) in [5, 5.41) is 6.76. The summed E-state index contributed by atoms with van der Waals surface area (Å²) in [5.41, 5.74) is 0.815. The van der Waals surface area contributed by atoms with E-state index in [9.17, 15) is 4.79 Å².